The van der Waals surface area contributed by atoms with Crippen LogP contribution in [0.25, 0.3) is 75.4 Å². The van der Waals surface area contributed by atoms with E-state index in [-0.39, 0.29) is 0 Å². The van der Waals surface area contributed by atoms with Gasteiger partial charge in [0.1, 0.15) is 0 Å². The molecule has 0 amide bonds. The largest absolute Gasteiger partial charge is 0.309 e. The summed E-state index contributed by atoms with van der Waals surface area (Å²) in [5.41, 5.74) is 7.05. The van der Waals surface area contributed by atoms with Crippen molar-refractivity contribution in [3.8, 4) is 10.8 Å². The van der Waals surface area contributed by atoms with Crippen LogP contribution in [0.4, 0.5) is 0 Å². The van der Waals surface area contributed by atoms with Crippen LogP contribution in [0.2, 0.25) is 0 Å². The Morgan fingerprint density at radius 1 is 0.487 bits per heavy atom. The second-order valence-corrected chi connectivity index (χ2v) is 11.1. The molecule has 6 aromatic carbocycles. The van der Waals surface area contributed by atoms with Gasteiger partial charge in [-0.15, -0.1) is 0 Å². The van der Waals surface area contributed by atoms with Crippen molar-refractivity contribution in [1.29, 1.82) is 0 Å². The van der Waals surface area contributed by atoms with E-state index in [1.54, 1.807) is 11.3 Å². The lowest BCUT2D eigenvalue weighted by molar-refractivity contribution is 1.15. The predicted molar refractivity (Wildman–Crippen MR) is 166 cm³/mol. The molecule has 39 heavy (non-hydrogen) atoms. The highest BCUT2D eigenvalue weighted by atomic mass is 32.1. The zero-order chi connectivity index (χ0) is 25.5. The first-order valence-electron chi connectivity index (χ1n) is 13.2. The van der Waals surface area contributed by atoms with E-state index in [0.717, 1.165) is 10.6 Å². The molecule has 0 fully saturated rings. The summed E-state index contributed by atoms with van der Waals surface area (Å²) in [7, 11) is 0. The summed E-state index contributed by atoms with van der Waals surface area (Å²) in [5, 5.41) is 8.49. The minimum Gasteiger partial charge on any atom is -0.309 e. The molecule has 0 spiro atoms. The average molecular weight is 516 g/mol. The molecule has 0 aliphatic carbocycles. The summed E-state index contributed by atoms with van der Waals surface area (Å²) < 4.78 is 5.96. The smallest absolute Gasteiger partial charge is 0.195 e. The van der Waals surface area contributed by atoms with Crippen molar-refractivity contribution in [2.45, 2.75) is 0 Å². The number of hydrogen-bond acceptors (Lipinski definition) is 2. The molecule has 4 heteroatoms. The number of para-hydroxylation sites is 4. The second-order valence-electron chi connectivity index (χ2n) is 10.1. The van der Waals surface area contributed by atoms with Gasteiger partial charge in [-0.05, 0) is 53.9 Å². The monoisotopic (exact) mass is 515 g/mol. The SMILES string of the molecule is c1ccc(-n2c3ccccc3c3cc4c(ccc5c6ccccc6n(-c6nc7ccccc7s6)c45)cc32)cc1. The molecule has 9 rings (SSSR count). The van der Waals surface area contributed by atoms with Crippen LogP contribution in [-0.2, 0) is 0 Å². The molecule has 3 nitrogen and oxygen atoms in total. The summed E-state index contributed by atoms with van der Waals surface area (Å²) in [6, 6.07) is 45.8. The first-order chi connectivity index (χ1) is 19.3. The summed E-state index contributed by atoms with van der Waals surface area (Å²) in [5.74, 6) is 0. The molecule has 3 heterocycles. The van der Waals surface area contributed by atoms with Gasteiger partial charge in [-0.25, -0.2) is 4.98 Å². The Bertz CT molecular complexity index is 2360. The average Bonchev–Trinajstić information content (AvgIpc) is 3.66. The van der Waals surface area contributed by atoms with Crippen molar-refractivity contribution in [2.75, 3.05) is 0 Å². The van der Waals surface area contributed by atoms with Crippen LogP contribution < -0.4 is 0 Å². The first kappa shape index (κ1) is 21.1. The van der Waals surface area contributed by atoms with Crippen molar-refractivity contribution >= 4 is 75.9 Å². The number of hydrogen-bond donors (Lipinski definition) is 0. The van der Waals surface area contributed by atoms with E-state index >= 15 is 0 Å². The molecule has 0 aliphatic rings. The fourth-order valence-electron chi connectivity index (χ4n) is 6.26. The molecule has 3 aromatic heterocycles. The molecule has 182 valence electrons. The summed E-state index contributed by atoms with van der Waals surface area (Å²) in [6.07, 6.45) is 0. The molecular weight excluding hydrogens is 494 g/mol. The van der Waals surface area contributed by atoms with E-state index in [2.05, 4.69) is 137 Å². The van der Waals surface area contributed by atoms with Crippen LogP contribution in [0.15, 0.2) is 127 Å². The van der Waals surface area contributed by atoms with Crippen molar-refractivity contribution < 1.29 is 0 Å². The minimum atomic E-state index is 1.00. The topological polar surface area (TPSA) is 22.8 Å². The van der Waals surface area contributed by atoms with Crippen LogP contribution in [0.5, 0.6) is 0 Å². The maximum Gasteiger partial charge on any atom is 0.195 e. The Morgan fingerprint density at radius 3 is 2.00 bits per heavy atom. The molecular formula is C35H21N3S. The van der Waals surface area contributed by atoms with E-state index in [1.165, 1.54) is 64.8 Å². The van der Waals surface area contributed by atoms with E-state index in [9.17, 15) is 0 Å². The van der Waals surface area contributed by atoms with E-state index in [1.807, 2.05) is 0 Å². The lowest BCUT2D eigenvalue weighted by Gasteiger charge is -2.09. The Hall–Kier alpha value is -4.93. The number of benzene rings is 6. The lowest BCUT2D eigenvalue weighted by atomic mass is 10.0. The van der Waals surface area contributed by atoms with Crippen molar-refractivity contribution in [2.24, 2.45) is 0 Å². The Morgan fingerprint density at radius 2 is 1.18 bits per heavy atom. The van der Waals surface area contributed by atoms with Gasteiger partial charge < -0.3 is 4.57 Å². The fraction of sp³-hybridized carbons (Fsp3) is 0. The highest BCUT2D eigenvalue weighted by molar-refractivity contribution is 7.20. The zero-order valence-corrected chi connectivity index (χ0v) is 21.7. The molecule has 0 N–H and O–H groups in total. The van der Waals surface area contributed by atoms with Crippen molar-refractivity contribution in [1.82, 2.24) is 14.1 Å². The van der Waals surface area contributed by atoms with Gasteiger partial charge in [-0.3, -0.25) is 4.57 Å². The van der Waals surface area contributed by atoms with Gasteiger partial charge in [0.15, 0.2) is 5.13 Å². The molecule has 0 saturated carbocycles. The number of rotatable bonds is 2. The third kappa shape index (κ3) is 2.89. The standard InChI is InChI=1S/C35H21N3S/c1-2-10-23(11-3-1)37-30-15-7-5-13-25(30)28-21-27-22(20-32(28)37)18-19-26-24-12-4-8-16-31(24)38(34(26)27)35-36-29-14-6-9-17-33(29)39-35/h1-21H. The Labute approximate surface area is 227 Å². The lowest BCUT2D eigenvalue weighted by Crippen LogP contribution is -1.94. The summed E-state index contributed by atoms with van der Waals surface area (Å²) >= 11 is 1.75. The van der Waals surface area contributed by atoms with Crippen LogP contribution in [0.1, 0.15) is 0 Å². The van der Waals surface area contributed by atoms with Gasteiger partial charge in [0.25, 0.3) is 0 Å². The van der Waals surface area contributed by atoms with Crippen LogP contribution in [-0.4, -0.2) is 14.1 Å². The van der Waals surface area contributed by atoms with E-state index in [0.29, 0.717) is 0 Å². The normalized spacial score (nSPS) is 12.1. The van der Waals surface area contributed by atoms with Crippen LogP contribution >= 0.6 is 11.3 Å². The van der Waals surface area contributed by atoms with Gasteiger partial charge in [0, 0.05) is 32.6 Å². The highest BCUT2D eigenvalue weighted by Crippen LogP contribution is 2.41. The summed E-state index contributed by atoms with van der Waals surface area (Å²) in [6.45, 7) is 0. The van der Waals surface area contributed by atoms with Crippen molar-refractivity contribution in [3.63, 3.8) is 0 Å². The van der Waals surface area contributed by atoms with Gasteiger partial charge in [0.05, 0.1) is 32.3 Å². The number of aromatic nitrogens is 3. The number of thiazole rings is 1. The number of fused-ring (bicyclic) bond motifs is 9. The fourth-order valence-corrected chi connectivity index (χ4v) is 7.24. The van der Waals surface area contributed by atoms with E-state index < -0.39 is 0 Å². The predicted octanol–water partition coefficient (Wildman–Crippen LogP) is 9.64. The molecule has 0 radical (unpaired) electrons. The Balaban J connectivity index is 1.47. The van der Waals surface area contributed by atoms with Crippen LogP contribution in [0, 0.1) is 0 Å². The maximum absolute atomic E-state index is 5.10. The molecule has 0 bridgehead atoms. The molecule has 0 unspecified atom stereocenters. The second kappa shape index (κ2) is 7.79. The van der Waals surface area contributed by atoms with Crippen LogP contribution in [0.3, 0.4) is 0 Å². The van der Waals surface area contributed by atoms with Gasteiger partial charge >= 0.3 is 0 Å². The zero-order valence-electron chi connectivity index (χ0n) is 20.9. The maximum atomic E-state index is 5.10. The quantitative estimate of drug-likeness (QED) is 0.225. The first-order valence-corrected chi connectivity index (χ1v) is 14.0. The number of nitrogens with zero attached hydrogens (tertiary/aromatic N) is 3. The minimum absolute atomic E-state index is 1.00. The van der Waals surface area contributed by atoms with Gasteiger partial charge in [-0.2, -0.15) is 0 Å². The highest BCUT2D eigenvalue weighted by Gasteiger charge is 2.19. The van der Waals surface area contributed by atoms with Gasteiger partial charge in [0.2, 0.25) is 0 Å². The summed E-state index contributed by atoms with van der Waals surface area (Å²) in [4.78, 5) is 5.10. The Kier molecular flexibility index (Phi) is 4.21. The third-order valence-electron chi connectivity index (χ3n) is 7.93. The van der Waals surface area contributed by atoms with Gasteiger partial charge in [-0.1, -0.05) is 90.2 Å². The third-order valence-corrected chi connectivity index (χ3v) is 8.95. The molecule has 0 aliphatic heterocycles. The van der Waals surface area contributed by atoms with E-state index in [4.69, 9.17) is 4.98 Å². The molecule has 0 atom stereocenters. The molecule has 0 saturated heterocycles. The molecule has 9 aromatic rings. The van der Waals surface area contributed by atoms with Crippen molar-refractivity contribution in [3.05, 3.63) is 127 Å².